The molecule has 2 rings (SSSR count). The van der Waals surface area contributed by atoms with Gasteiger partial charge in [0.15, 0.2) is 0 Å². The highest BCUT2D eigenvalue weighted by molar-refractivity contribution is 5.35. The molecule has 0 spiro atoms. The fourth-order valence-corrected chi connectivity index (χ4v) is 2.96. The lowest BCUT2D eigenvalue weighted by Gasteiger charge is -2.31. The second-order valence-corrected chi connectivity index (χ2v) is 6.02. The third-order valence-electron chi connectivity index (χ3n) is 4.37. The molecule has 1 aliphatic rings. The van der Waals surface area contributed by atoms with Gasteiger partial charge in [0.25, 0.3) is 0 Å². The first-order chi connectivity index (χ1) is 11.0. The number of nitrogens with zero attached hydrogens (tertiary/aromatic N) is 1. The maximum Gasteiger partial charge on any atom is 0.419 e. The molecule has 1 aliphatic heterocycles. The topological polar surface area (TPSA) is 24.5 Å². The Bertz CT molecular complexity index is 471. The summed E-state index contributed by atoms with van der Waals surface area (Å²) in [6.45, 7) is 4.00. The zero-order valence-electron chi connectivity index (χ0n) is 13.5. The average molecular weight is 330 g/mol. The standard InChI is InChI=1S/C17H25F3N2O/c1-21-9-6-14-7-10-22(11-8-14)12-13-23-16-5-3-2-4-15(16)17(18,19)20/h2-5,14,21H,6-13H2,1H3. The first kappa shape index (κ1) is 18.1. The first-order valence-electron chi connectivity index (χ1n) is 8.16. The molecule has 0 atom stereocenters. The fraction of sp³-hybridized carbons (Fsp3) is 0.647. The minimum Gasteiger partial charge on any atom is -0.492 e. The van der Waals surface area contributed by atoms with E-state index in [0.29, 0.717) is 6.54 Å². The zero-order chi connectivity index (χ0) is 16.7. The van der Waals surface area contributed by atoms with E-state index in [1.54, 1.807) is 6.07 Å². The molecule has 1 saturated heterocycles. The minimum absolute atomic E-state index is 0.0797. The fourth-order valence-electron chi connectivity index (χ4n) is 2.96. The molecule has 3 nitrogen and oxygen atoms in total. The van der Waals surface area contributed by atoms with Crippen molar-refractivity contribution in [3.05, 3.63) is 29.8 Å². The molecular weight excluding hydrogens is 305 g/mol. The number of likely N-dealkylation sites (tertiary alicyclic amines) is 1. The van der Waals surface area contributed by atoms with E-state index in [9.17, 15) is 13.2 Å². The third kappa shape index (κ3) is 5.70. The summed E-state index contributed by atoms with van der Waals surface area (Å²) in [7, 11) is 1.96. The Morgan fingerprint density at radius 2 is 1.91 bits per heavy atom. The van der Waals surface area contributed by atoms with Crippen molar-refractivity contribution >= 4 is 0 Å². The van der Waals surface area contributed by atoms with Crippen LogP contribution in [0.1, 0.15) is 24.8 Å². The summed E-state index contributed by atoms with van der Waals surface area (Å²) < 4.78 is 44.0. The maximum absolute atomic E-state index is 12.9. The highest BCUT2D eigenvalue weighted by Gasteiger charge is 2.34. The van der Waals surface area contributed by atoms with Crippen molar-refractivity contribution in [2.45, 2.75) is 25.4 Å². The van der Waals surface area contributed by atoms with Crippen molar-refractivity contribution in [3.63, 3.8) is 0 Å². The van der Waals surface area contributed by atoms with Gasteiger partial charge in [-0.05, 0) is 64.0 Å². The third-order valence-corrected chi connectivity index (χ3v) is 4.37. The van der Waals surface area contributed by atoms with Crippen LogP contribution in [0.3, 0.4) is 0 Å². The molecule has 6 heteroatoms. The van der Waals surface area contributed by atoms with Crippen molar-refractivity contribution in [3.8, 4) is 5.75 Å². The van der Waals surface area contributed by atoms with Crippen LogP contribution in [0.25, 0.3) is 0 Å². The maximum atomic E-state index is 12.9. The molecular formula is C17H25F3N2O. The van der Waals surface area contributed by atoms with E-state index in [0.717, 1.165) is 44.5 Å². The summed E-state index contributed by atoms with van der Waals surface area (Å²) in [5.41, 5.74) is -0.703. The number of halogens is 3. The van der Waals surface area contributed by atoms with Crippen LogP contribution >= 0.6 is 0 Å². The van der Waals surface area contributed by atoms with Crippen LogP contribution in [0.5, 0.6) is 5.75 Å². The first-order valence-corrected chi connectivity index (χ1v) is 8.16. The highest BCUT2D eigenvalue weighted by Crippen LogP contribution is 2.35. The molecule has 0 saturated carbocycles. The van der Waals surface area contributed by atoms with E-state index >= 15 is 0 Å². The number of alkyl halides is 3. The monoisotopic (exact) mass is 330 g/mol. The smallest absolute Gasteiger partial charge is 0.419 e. The minimum atomic E-state index is -4.37. The van der Waals surface area contributed by atoms with Crippen LogP contribution in [0.2, 0.25) is 0 Å². The van der Waals surface area contributed by atoms with Gasteiger partial charge in [-0.2, -0.15) is 13.2 Å². The predicted molar refractivity (Wildman–Crippen MR) is 84.6 cm³/mol. The van der Waals surface area contributed by atoms with Gasteiger partial charge in [0.2, 0.25) is 0 Å². The van der Waals surface area contributed by atoms with Gasteiger partial charge in [0, 0.05) is 6.54 Å². The van der Waals surface area contributed by atoms with Gasteiger partial charge in [-0.1, -0.05) is 12.1 Å². The summed E-state index contributed by atoms with van der Waals surface area (Å²) in [5.74, 6) is 0.675. The highest BCUT2D eigenvalue weighted by atomic mass is 19.4. The lowest BCUT2D eigenvalue weighted by Crippen LogP contribution is -2.37. The SMILES string of the molecule is CNCCC1CCN(CCOc2ccccc2C(F)(F)F)CC1. The molecule has 1 heterocycles. The van der Waals surface area contributed by atoms with Gasteiger partial charge in [0.1, 0.15) is 12.4 Å². The summed E-state index contributed by atoms with van der Waals surface area (Å²) in [4.78, 5) is 2.27. The summed E-state index contributed by atoms with van der Waals surface area (Å²) >= 11 is 0. The van der Waals surface area contributed by atoms with Crippen molar-refractivity contribution in [1.29, 1.82) is 0 Å². The lowest BCUT2D eigenvalue weighted by atomic mass is 9.93. The zero-order valence-corrected chi connectivity index (χ0v) is 13.5. The van der Waals surface area contributed by atoms with Crippen molar-refractivity contribution in [1.82, 2.24) is 10.2 Å². The molecule has 0 aliphatic carbocycles. The van der Waals surface area contributed by atoms with Gasteiger partial charge in [-0.3, -0.25) is 4.90 Å². The van der Waals surface area contributed by atoms with E-state index in [2.05, 4.69) is 10.2 Å². The molecule has 0 unspecified atom stereocenters. The number of hydrogen-bond acceptors (Lipinski definition) is 3. The molecule has 0 amide bonds. The van der Waals surface area contributed by atoms with E-state index in [1.165, 1.54) is 18.6 Å². The Morgan fingerprint density at radius 3 is 2.57 bits per heavy atom. The Balaban J connectivity index is 1.74. The van der Waals surface area contributed by atoms with Crippen molar-refractivity contribution in [2.75, 3.05) is 39.8 Å². The Hall–Kier alpha value is -1.27. The number of rotatable bonds is 7. The summed E-state index contributed by atoms with van der Waals surface area (Å²) in [6.07, 6.45) is -0.871. The lowest BCUT2D eigenvalue weighted by molar-refractivity contribution is -0.139. The molecule has 0 radical (unpaired) electrons. The van der Waals surface area contributed by atoms with Gasteiger partial charge < -0.3 is 10.1 Å². The second-order valence-electron chi connectivity index (χ2n) is 6.02. The molecule has 130 valence electrons. The number of benzene rings is 1. The Morgan fingerprint density at radius 1 is 1.22 bits per heavy atom. The van der Waals surface area contributed by atoms with Crippen LogP contribution < -0.4 is 10.1 Å². The van der Waals surface area contributed by atoms with Crippen LogP contribution in [-0.4, -0.2) is 44.7 Å². The van der Waals surface area contributed by atoms with Gasteiger partial charge >= 0.3 is 6.18 Å². The van der Waals surface area contributed by atoms with E-state index in [-0.39, 0.29) is 12.4 Å². The van der Waals surface area contributed by atoms with Crippen molar-refractivity contribution < 1.29 is 17.9 Å². The number of piperidine rings is 1. The van der Waals surface area contributed by atoms with Gasteiger partial charge in [0.05, 0.1) is 5.56 Å². The van der Waals surface area contributed by atoms with E-state index < -0.39 is 11.7 Å². The largest absolute Gasteiger partial charge is 0.492 e. The van der Waals surface area contributed by atoms with Crippen LogP contribution in [0, 0.1) is 5.92 Å². The molecule has 1 aromatic rings. The van der Waals surface area contributed by atoms with Gasteiger partial charge in [-0.15, -0.1) is 0 Å². The quantitative estimate of drug-likeness (QED) is 0.829. The van der Waals surface area contributed by atoms with Gasteiger partial charge in [-0.25, -0.2) is 0 Å². The molecule has 23 heavy (non-hydrogen) atoms. The number of ether oxygens (including phenoxy) is 1. The Labute approximate surface area is 135 Å². The molecule has 1 aromatic carbocycles. The number of nitrogens with one attached hydrogen (secondary N) is 1. The van der Waals surface area contributed by atoms with Crippen molar-refractivity contribution in [2.24, 2.45) is 5.92 Å². The van der Waals surface area contributed by atoms with E-state index in [4.69, 9.17) is 4.74 Å². The molecule has 0 bridgehead atoms. The normalized spacial score (nSPS) is 17.4. The predicted octanol–water partition coefficient (Wildman–Crippen LogP) is 3.41. The van der Waals surface area contributed by atoms with Crippen LogP contribution in [-0.2, 0) is 6.18 Å². The molecule has 1 N–H and O–H groups in total. The summed E-state index contributed by atoms with van der Waals surface area (Å²) in [6, 6.07) is 5.39. The second kappa shape index (κ2) is 8.55. The molecule has 0 aromatic heterocycles. The summed E-state index contributed by atoms with van der Waals surface area (Å²) in [5, 5.41) is 3.17. The van der Waals surface area contributed by atoms with Crippen LogP contribution in [0.15, 0.2) is 24.3 Å². The van der Waals surface area contributed by atoms with E-state index in [1.807, 2.05) is 7.05 Å². The number of para-hydroxylation sites is 1. The molecule has 1 fully saturated rings. The number of hydrogen-bond donors (Lipinski definition) is 1. The van der Waals surface area contributed by atoms with Crippen LogP contribution in [0.4, 0.5) is 13.2 Å². The Kier molecular flexibility index (Phi) is 6.72. The average Bonchev–Trinajstić information content (AvgIpc) is 2.53.